The Labute approximate surface area is 127 Å². The molecule has 0 rings (SSSR count). The molecule has 0 bridgehead atoms. The first-order chi connectivity index (χ1) is 9.73. The SMILES string of the molecule is CC(=O)SCC(C)C(=O)N(CCCCC(=O)O)CC(=O)O. The number of carboxylic acid groups (broad SMARTS) is 2. The Morgan fingerprint density at radius 2 is 1.71 bits per heavy atom. The number of hydrogen-bond donors (Lipinski definition) is 2. The third kappa shape index (κ3) is 9.89. The molecule has 0 aliphatic carbocycles. The molecule has 0 aliphatic rings. The molecule has 0 heterocycles. The maximum Gasteiger partial charge on any atom is 0.323 e. The molecule has 0 radical (unpaired) electrons. The monoisotopic (exact) mass is 319 g/mol. The van der Waals surface area contributed by atoms with Crippen molar-refractivity contribution in [3.05, 3.63) is 0 Å². The van der Waals surface area contributed by atoms with Crippen molar-refractivity contribution >= 4 is 34.7 Å². The standard InChI is InChI=1S/C13H21NO6S/c1-9(8-21-10(2)15)13(20)14(7-12(18)19)6-4-3-5-11(16)17/h9H,3-8H2,1-2H3,(H,16,17)(H,18,19). The Kier molecular flexibility index (Phi) is 9.44. The van der Waals surface area contributed by atoms with Crippen LogP contribution >= 0.6 is 11.8 Å². The predicted octanol–water partition coefficient (Wildman–Crippen LogP) is 1.07. The van der Waals surface area contributed by atoms with E-state index in [0.29, 0.717) is 18.6 Å². The second-order valence-electron chi connectivity index (χ2n) is 4.71. The molecule has 0 aromatic carbocycles. The van der Waals surface area contributed by atoms with Crippen LogP contribution in [-0.4, -0.2) is 56.9 Å². The second kappa shape index (κ2) is 10.2. The maximum atomic E-state index is 12.1. The molecule has 1 unspecified atom stereocenters. The van der Waals surface area contributed by atoms with Gasteiger partial charge in [0.25, 0.3) is 0 Å². The van der Waals surface area contributed by atoms with Gasteiger partial charge in [-0.15, -0.1) is 0 Å². The van der Waals surface area contributed by atoms with E-state index in [4.69, 9.17) is 10.2 Å². The van der Waals surface area contributed by atoms with Crippen molar-refractivity contribution in [3.63, 3.8) is 0 Å². The molecule has 0 aromatic rings. The average Bonchev–Trinajstić information content (AvgIpc) is 2.37. The lowest BCUT2D eigenvalue weighted by atomic mass is 10.1. The van der Waals surface area contributed by atoms with E-state index in [-0.39, 0.29) is 24.0 Å². The van der Waals surface area contributed by atoms with Crippen LogP contribution in [0.25, 0.3) is 0 Å². The molecule has 0 spiro atoms. The zero-order valence-corrected chi connectivity index (χ0v) is 13.0. The summed E-state index contributed by atoms with van der Waals surface area (Å²) < 4.78 is 0. The molecule has 0 fully saturated rings. The smallest absolute Gasteiger partial charge is 0.323 e. The predicted molar refractivity (Wildman–Crippen MR) is 78.0 cm³/mol. The van der Waals surface area contributed by atoms with Crippen molar-refractivity contribution in [1.82, 2.24) is 4.90 Å². The van der Waals surface area contributed by atoms with E-state index in [1.165, 1.54) is 11.8 Å². The van der Waals surface area contributed by atoms with Gasteiger partial charge in [-0.3, -0.25) is 19.2 Å². The summed E-state index contributed by atoms with van der Waals surface area (Å²) in [7, 11) is 0. The van der Waals surface area contributed by atoms with Crippen molar-refractivity contribution in [2.75, 3.05) is 18.8 Å². The van der Waals surface area contributed by atoms with Crippen molar-refractivity contribution in [2.45, 2.75) is 33.1 Å². The van der Waals surface area contributed by atoms with Gasteiger partial charge in [0.15, 0.2) is 5.12 Å². The fraction of sp³-hybridized carbons (Fsp3) is 0.692. The first kappa shape index (κ1) is 19.4. The number of hydrogen-bond acceptors (Lipinski definition) is 5. The highest BCUT2D eigenvalue weighted by atomic mass is 32.2. The van der Waals surface area contributed by atoms with Crippen molar-refractivity contribution in [1.29, 1.82) is 0 Å². The van der Waals surface area contributed by atoms with Crippen molar-refractivity contribution in [2.24, 2.45) is 5.92 Å². The molecule has 8 heteroatoms. The Bertz CT molecular complexity index is 398. The zero-order valence-electron chi connectivity index (χ0n) is 12.2. The van der Waals surface area contributed by atoms with E-state index in [1.54, 1.807) is 6.92 Å². The quantitative estimate of drug-likeness (QED) is 0.579. The molecular formula is C13H21NO6S. The highest BCUT2D eigenvalue weighted by molar-refractivity contribution is 8.13. The molecule has 21 heavy (non-hydrogen) atoms. The lowest BCUT2D eigenvalue weighted by Crippen LogP contribution is -2.40. The van der Waals surface area contributed by atoms with Crippen LogP contribution in [0.1, 0.15) is 33.1 Å². The highest BCUT2D eigenvalue weighted by Gasteiger charge is 2.22. The lowest BCUT2D eigenvalue weighted by molar-refractivity contribution is -0.145. The number of thioether (sulfide) groups is 1. The number of carboxylic acids is 2. The topological polar surface area (TPSA) is 112 Å². The van der Waals surface area contributed by atoms with Crippen LogP contribution in [-0.2, 0) is 19.2 Å². The van der Waals surface area contributed by atoms with Gasteiger partial charge in [0, 0.05) is 31.6 Å². The molecular weight excluding hydrogens is 298 g/mol. The van der Waals surface area contributed by atoms with Crippen LogP contribution in [0.2, 0.25) is 0 Å². The molecule has 7 nitrogen and oxygen atoms in total. The lowest BCUT2D eigenvalue weighted by Gasteiger charge is -2.23. The van der Waals surface area contributed by atoms with Gasteiger partial charge in [0.05, 0.1) is 0 Å². The summed E-state index contributed by atoms with van der Waals surface area (Å²) in [5.41, 5.74) is 0. The normalized spacial score (nSPS) is 11.7. The Balaban J connectivity index is 4.43. The van der Waals surface area contributed by atoms with Crippen LogP contribution in [0.3, 0.4) is 0 Å². The fourth-order valence-electron chi connectivity index (χ4n) is 1.63. The number of aliphatic carboxylic acids is 2. The molecule has 1 atom stereocenters. The number of rotatable bonds is 10. The van der Waals surface area contributed by atoms with Gasteiger partial charge in [-0.2, -0.15) is 0 Å². The zero-order chi connectivity index (χ0) is 16.4. The van der Waals surface area contributed by atoms with Gasteiger partial charge in [0.1, 0.15) is 6.54 Å². The van der Waals surface area contributed by atoms with Gasteiger partial charge in [-0.25, -0.2) is 0 Å². The van der Waals surface area contributed by atoms with Gasteiger partial charge in [-0.1, -0.05) is 18.7 Å². The van der Waals surface area contributed by atoms with Crippen LogP contribution in [0.15, 0.2) is 0 Å². The summed E-state index contributed by atoms with van der Waals surface area (Å²) >= 11 is 1.02. The Morgan fingerprint density at radius 3 is 2.19 bits per heavy atom. The van der Waals surface area contributed by atoms with Crippen LogP contribution in [0.4, 0.5) is 0 Å². The van der Waals surface area contributed by atoms with Gasteiger partial charge in [0.2, 0.25) is 5.91 Å². The van der Waals surface area contributed by atoms with Crippen LogP contribution < -0.4 is 0 Å². The minimum absolute atomic E-state index is 0.00908. The summed E-state index contributed by atoms with van der Waals surface area (Å²) in [5, 5.41) is 17.3. The van der Waals surface area contributed by atoms with E-state index in [2.05, 4.69) is 0 Å². The minimum Gasteiger partial charge on any atom is -0.481 e. The summed E-state index contributed by atoms with van der Waals surface area (Å²) in [4.78, 5) is 45.4. The van der Waals surface area contributed by atoms with Crippen molar-refractivity contribution < 1.29 is 29.4 Å². The summed E-state index contributed by atoms with van der Waals surface area (Å²) in [5.74, 6) is -2.52. The molecule has 0 saturated carbocycles. The molecule has 2 N–H and O–H groups in total. The number of nitrogens with zero attached hydrogens (tertiary/aromatic N) is 1. The van der Waals surface area contributed by atoms with Crippen LogP contribution in [0, 0.1) is 5.92 Å². The molecule has 0 aliphatic heterocycles. The highest BCUT2D eigenvalue weighted by Crippen LogP contribution is 2.13. The molecule has 120 valence electrons. The average molecular weight is 319 g/mol. The Morgan fingerprint density at radius 1 is 1.10 bits per heavy atom. The van der Waals surface area contributed by atoms with Crippen molar-refractivity contribution in [3.8, 4) is 0 Å². The first-order valence-electron chi connectivity index (χ1n) is 6.59. The van der Waals surface area contributed by atoms with Gasteiger partial charge in [-0.05, 0) is 12.8 Å². The van der Waals surface area contributed by atoms with E-state index in [9.17, 15) is 19.2 Å². The number of amides is 1. The summed E-state index contributed by atoms with van der Waals surface area (Å²) in [6, 6.07) is 0. The summed E-state index contributed by atoms with van der Waals surface area (Å²) in [6.45, 7) is 2.83. The Hall–Kier alpha value is -1.57. The van der Waals surface area contributed by atoms with E-state index >= 15 is 0 Å². The fourth-order valence-corrected chi connectivity index (χ4v) is 2.26. The van der Waals surface area contributed by atoms with E-state index in [0.717, 1.165) is 11.8 Å². The van der Waals surface area contributed by atoms with Crippen LogP contribution in [0.5, 0.6) is 0 Å². The first-order valence-corrected chi connectivity index (χ1v) is 7.58. The summed E-state index contributed by atoms with van der Waals surface area (Å²) in [6.07, 6.45) is 0.804. The third-order valence-corrected chi connectivity index (χ3v) is 3.74. The van der Waals surface area contributed by atoms with Gasteiger partial charge < -0.3 is 15.1 Å². The van der Waals surface area contributed by atoms with E-state index in [1.807, 2.05) is 0 Å². The van der Waals surface area contributed by atoms with Gasteiger partial charge >= 0.3 is 11.9 Å². The number of unbranched alkanes of at least 4 members (excludes halogenated alkanes) is 1. The molecule has 0 saturated heterocycles. The number of carbonyl (C=O) groups excluding carboxylic acids is 2. The van der Waals surface area contributed by atoms with E-state index < -0.39 is 24.4 Å². The third-order valence-electron chi connectivity index (χ3n) is 2.66. The largest absolute Gasteiger partial charge is 0.481 e. The second-order valence-corrected chi connectivity index (χ2v) is 5.90. The minimum atomic E-state index is -1.12. The molecule has 0 aromatic heterocycles. The maximum absolute atomic E-state index is 12.1. The molecule has 1 amide bonds. The number of carbonyl (C=O) groups is 4.